The fraction of sp³-hybridized carbons (Fsp3) is 0.400. The highest BCUT2D eigenvalue weighted by atomic mass is 32.2. The smallest absolute Gasteiger partial charge is 0.251 e. The summed E-state index contributed by atoms with van der Waals surface area (Å²) in [6, 6.07) is 3.36. The van der Waals surface area contributed by atoms with Gasteiger partial charge < -0.3 is 10.7 Å². The van der Waals surface area contributed by atoms with Crippen LogP contribution in [0, 0.1) is 6.92 Å². The second-order valence-electron chi connectivity index (χ2n) is 3.28. The Hall–Kier alpha value is -1.27. The van der Waals surface area contributed by atoms with Crippen LogP contribution in [0.3, 0.4) is 0 Å². The van der Waals surface area contributed by atoms with Crippen molar-refractivity contribution >= 4 is 23.5 Å². The van der Waals surface area contributed by atoms with Crippen molar-refractivity contribution in [3.63, 3.8) is 0 Å². The number of hydrazine groups is 1. The van der Waals surface area contributed by atoms with Crippen LogP contribution in [0.5, 0.6) is 0 Å². The summed E-state index contributed by atoms with van der Waals surface area (Å²) in [7, 11) is 0. The predicted molar refractivity (Wildman–Crippen MR) is 67.5 cm³/mol. The molecular formula is C10H16N4OS. The van der Waals surface area contributed by atoms with E-state index in [1.54, 1.807) is 23.9 Å². The number of aryl methyl sites for hydroxylation is 1. The van der Waals surface area contributed by atoms with E-state index in [1.165, 1.54) is 0 Å². The molecule has 1 aromatic heterocycles. The molecule has 0 aliphatic carbocycles. The van der Waals surface area contributed by atoms with Gasteiger partial charge in [-0.3, -0.25) is 4.79 Å². The van der Waals surface area contributed by atoms with E-state index >= 15 is 0 Å². The van der Waals surface area contributed by atoms with Crippen molar-refractivity contribution in [2.24, 2.45) is 5.84 Å². The first-order chi connectivity index (χ1) is 7.67. The van der Waals surface area contributed by atoms with Crippen LogP contribution >= 0.6 is 11.8 Å². The minimum absolute atomic E-state index is 0.101. The van der Waals surface area contributed by atoms with Crippen LogP contribution in [0.15, 0.2) is 12.1 Å². The van der Waals surface area contributed by atoms with E-state index in [0.29, 0.717) is 17.9 Å². The third-order valence-electron chi connectivity index (χ3n) is 1.96. The minimum Gasteiger partial charge on any atom is -0.351 e. The molecule has 0 radical (unpaired) electrons. The summed E-state index contributed by atoms with van der Waals surface area (Å²) < 4.78 is 0. The molecule has 0 bridgehead atoms. The predicted octanol–water partition coefficient (Wildman–Crippen LogP) is 0.768. The fourth-order valence-electron chi connectivity index (χ4n) is 1.24. The number of nitrogen functional groups attached to an aromatic ring is 1. The van der Waals surface area contributed by atoms with E-state index in [2.05, 4.69) is 15.7 Å². The number of amides is 1. The number of hydrogen-bond donors (Lipinski definition) is 3. The molecule has 0 fully saturated rings. The van der Waals surface area contributed by atoms with E-state index in [9.17, 15) is 4.79 Å². The van der Waals surface area contributed by atoms with Crippen LogP contribution in [0.1, 0.15) is 16.1 Å². The number of hydrogen-bond acceptors (Lipinski definition) is 5. The van der Waals surface area contributed by atoms with E-state index < -0.39 is 0 Å². The Kier molecular flexibility index (Phi) is 5.07. The van der Waals surface area contributed by atoms with E-state index in [1.807, 2.05) is 13.2 Å². The highest BCUT2D eigenvalue weighted by Crippen LogP contribution is 2.08. The van der Waals surface area contributed by atoms with Gasteiger partial charge in [-0.1, -0.05) is 0 Å². The zero-order chi connectivity index (χ0) is 12.0. The van der Waals surface area contributed by atoms with Crippen LogP contribution in [0.2, 0.25) is 0 Å². The number of thioether (sulfide) groups is 1. The van der Waals surface area contributed by atoms with Gasteiger partial charge in [0.25, 0.3) is 5.91 Å². The Balaban J connectivity index is 2.71. The van der Waals surface area contributed by atoms with Crippen LogP contribution in [0.4, 0.5) is 5.82 Å². The van der Waals surface area contributed by atoms with Gasteiger partial charge in [-0.25, -0.2) is 10.8 Å². The maximum atomic E-state index is 11.7. The first-order valence-corrected chi connectivity index (χ1v) is 6.29. The molecule has 0 spiro atoms. The number of nitrogens with one attached hydrogen (secondary N) is 2. The Morgan fingerprint density at radius 2 is 2.31 bits per heavy atom. The second kappa shape index (κ2) is 6.34. The zero-order valence-corrected chi connectivity index (χ0v) is 10.2. The van der Waals surface area contributed by atoms with Gasteiger partial charge in [0.05, 0.1) is 0 Å². The molecule has 6 heteroatoms. The monoisotopic (exact) mass is 240 g/mol. The van der Waals surface area contributed by atoms with Crippen LogP contribution in [-0.2, 0) is 0 Å². The van der Waals surface area contributed by atoms with E-state index in [-0.39, 0.29) is 5.91 Å². The standard InChI is InChI=1S/C10H16N4OS/c1-7-5-8(6-9(13-7)14-11)10(15)12-3-4-16-2/h5-6H,3-4,11H2,1-2H3,(H,12,15)(H,13,14). The Labute approximate surface area is 99.2 Å². The van der Waals surface area contributed by atoms with Gasteiger partial charge in [-0.2, -0.15) is 11.8 Å². The van der Waals surface area contributed by atoms with Crippen molar-refractivity contribution in [1.29, 1.82) is 0 Å². The van der Waals surface area contributed by atoms with E-state index in [0.717, 1.165) is 11.4 Å². The SMILES string of the molecule is CSCCNC(=O)c1cc(C)nc(NN)c1. The van der Waals surface area contributed by atoms with Crippen molar-refractivity contribution in [3.05, 3.63) is 23.4 Å². The second-order valence-corrected chi connectivity index (χ2v) is 4.26. The van der Waals surface area contributed by atoms with Crippen LogP contribution in [0.25, 0.3) is 0 Å². The molecule has 5 nitrogen and oxygen atoms in total. The van der Waals surface area contributed by atoms with E-state index in [4.69, 9.17) is 5.84 Å². The topological polar surface area (TPSA) is 80.0 Å². The molecule has 1 aromatic rings. The summed E-state index contributed by atoms with van der Waals surface area (Å²) in [6.45, 7) is 2.48. The van der Waals surface area contributed by atoms with Gasteiger partial charge in [0.15, 0.2) is 0 Å². The molecule has 1 heterocycles. The quantitative estimate of drug-likeness (QED) is 0.402. The fourth-order valence-corrected chi connectivity index (χ4v) is 1.55. The molecule has 0 aliphatic rings. The molecule has 88 valence electrons. The maximum Gasteiger partial charge on any atom is 0.251 e. The Morgan fingerprint density at radius 3 is 2.94 bits per heavy atom. The number of rotatable bonds is 5. The Bertz CT molecular complexity index is 370. The third kappa shape index (κ3) is 3.71. The van der Waals surface area contributed by atoms with Gasteiger partial charge >= 0.3 is 0 Å². The zero-order valence-electron chi connectivity index (χ0n) is 9.41. The van der Waals surface area contributed by atoms with Crippen molar-refractivity contribution in [2.45, 2.75) is 6.92 Å². The molecule has 0 unspecified atom stereocenters. The molecule has 1 amide bonds. The lowest BCUT2D eigenvalue weighted by atomic mass is 10.2. The number of nitrogens with zero attached hydrogens (tertiary/aromatic N) is 1. The molecule has 4 N–H and O–H groups in total. The molecule has 0 aromatic carbocycles. The van der Waals surface area contributed by atoms with Crippen LogP contribution < -0.4 is 16.6 Å². The number of aromatic nitrogens is 1. The average molecular weight is 240 g/mol. The lowest BCUT2D eigenvalue weighted by molar-refractivity contribution is 0.0956. The summed E-state index contributed by atoms with van der Waals surface area (Å²) >= 11 is 1.69. The normalized spacial score (nSPS) is 9.94. The largest absolute Gasteiger partial charge is 0.351 e. The average Bonchev–Trinajstić information content (AvgIpc) is 2.28. The lowest BCUT2D eigenvalue weighted by Gasteiger charge is -2.07. The number of carbonyl (C=O) groups is 1. The number of nitrogens with two attached hydrogens (primary N) is 1. The van der Waals surface area contributed by atoms with Gasteiger partial charge in [0.1, 0.15) is 5.82 Å². The van der Waals surface area contributed by atoms with Crippen molar-refractivity contribution < 1.29 is 4.79 Å². The first-order valence-electron chi connectivity index (χ1n) is 4.90. The van der Waals surface area contributed by atoms with Crippen LogP contribution in [-0.4, -0.2) is 29.4 Å². The Morgan fingerprint density at radius 1 is 1.56 bits per heavy atom. The summed E-state index contributed by atoms with van der Waals surface area (Å²) in [4.78, 5) is 15.8. The molecular weight excluding hydrogens is 224 g/mol. The molecule has 0 aliphatic heterocycles. The maximum absolute atomic E-state index is 11.7. The minimum atomic E-state index is -0.101. The summed E-state index contributed by atoms with van der Waals surface area (Å²) in [5, 5.41) is 2.82. The van der Waals surface area contributed by atoms with Crippen molar-refractivity contribution in [1.82, 2.24) is 10.3 Å². The summed E-state index contributed by atoms with van der Waals surface area (Å²) in [5.74, 6) is 6.56. The first kappa shape index (κ1) is 12.8. The third-order valence-corrected chi connectivity index (χ3v) is 2.57. The van der Waals surface area contributed by atoms with Gasteiger partial charge in [0, 0.05) is 23.6 Å². The van der Waals surface area contributed by atoms with Crippen molar-refractivity contribution in [2.75, 3.05) is 24.0 Å². The number of carbonyl (C=O) groups excluding carboxylic acids is 1. The molecule has 0 saturated heterocycles. The van der Waals surface area contributed by atoms with Gasteiger partial charge in [-0.15, -0.1) is 0 Å². The molecule has 16 heavy (non-hydrogen) atoms. The number of pyridine rings is 1. The lowest BCUT2D eigenvalue weighted by Crippen LogP contribution is -2.26. The molecule has 1 rings (SSSR count). The van der Waals surface area contributed by atoms with Crippen molar-refractivity contribution in [3.8, 4) is 0 Å². The molecule has 0 atom stereocenters. The summed E-state index contributed by atoms with van der Waals surface area (Å²) in [6.07, 6.45) is 2.00. The number of anilines is 1. The van der Waals surface area contributed by atoms with Gasteiger partial charge in [-0.05, 0) is 25.3 Å². The summed E-state index contributed by atoms with van der Waals surface area (Å²) in [5.41, 5.74) is 3.76. The molecule has 0 saturated carbocycles. The highest BCUT2D eigenvalue weighted by molar-refractivity contribution is 7.98. The van der Waals surface area contributed by atoms with Gasteiger partial charge in [0.2, 0.25) is 0 Å². The highest BCUT2D eigenvalue weighted by Gasteiger charge is 2.07.